The van der Waals surface area contributed by atoms with E-state index >= 15 is 0 Å². The van der Waals surface area contributed by atoms with Crippen LogP contribution >= 0.6 is 0 Å². The van der Waals surface area contributed by atoms with Crippen molar-refractivity contribution in [2.24, 2.45) is 0 Å². The van der Waals surface area contributed by atoms with Gasteiger partial charge in [0, 0.05) is 41.4 Å². The summed E-state index contributed by atoms with van der Waals surface area (Å²) >= 11 is 0. The molecule has 1 heterocycles. The number of aromatic nitrogens is 1. The number of carbonyl (C=O) groups is 1. The number of sulfonamides is 1. The molecule has 38 heavy (non-hydrogen) atoms. The maximum Gasteiger partial charge on any atom is 0.340 e. The van der Waals surface area contributed by atoms with Crippen LogP contribution in [0.5, 0.6) is 0 Å². The average Bonchev–Trinajstić information content (AvgIpc) is 3.29. The molecule has 8 nitrogen and oxygen atoms in total. The predicted octanol–water partition coefficient (Wildman–Crippen LogP) is 4.72. The Balaban J connectivity index is 1.38. The first-order valence-electron chi connectivity index (χ1n) is 12.4. The van der Waals surface area contributed by atoms with Crippen molar-refractivity contribution >= 4 is 32.6 Å². The van der Waals surface area contributed by atoms with E-state index in [2.05, 4.69) is 23.9 Å². The Morgan fingerprint density at radius 2 is 1.74 bits per heavy atom. The van der Waals surface area contributed by atoms with Crippen LogP contribution in [-0.2, 0) is 21.3 Å². The zero-order valence-electron chi connectivity index (χ0n) is 21.7. The summed E-state index contributed by atoms with van der Waals surface area (Å²) in [6, 6.07) is 22.6. The Morgan fingerprint density at radius 3 is 2.47 bits per heavy atom. The van der Waals surface area contributed by atoms with Crippen molar-refractivity contribution in [1.29, 1.82) is 0 Å². The third-order valence-electron chi connectivity index (χ3n) is 6.52. The first kappa shape index (κ1) is 27.4. The Kier molecular flexibility index (Phi) is 8.20. The van der Waals surface area contributed by atoms with Crippen molar-refractivity contribution in [2.45, 2.75) is 43.4 Å². The maximum absolute atomic E-state index is 12.7. The molecule has 0 unspecified atom stereocenters. The normalized spacial score (nSPS) is 12.8. The van der Waals surface area contributed by atoms with E-state index in [1.807, 2.05) is 35.0 Å². The number of hydrogen-bond acceptors (Lipinski definition) is 6. The number of esters is 1. The molecule has 0 saturated carbocycles. The Hall–Kier alpha value is -3.66. The summed E-state index contributed by atoms with van der Waals surface area (Å²) in [5, 5.41) is 15.1. The molecule has 1 aromatic heterocycles. The SMILES string of the molecule is COC(=O)c1cn(CCC(C)(C)NC[C@@H](O)c2cccc(NS(=O)(=O)c3ccccc3)c2)c2ccccc12. The number of nitrogens with one attached hydrogen (secondary N) is 2. The van der Waals surface area contributed by atoms with Gasteiger partial charge in [-0.2, -0.15) is 0 Å². The van der Waals surface area contributed by atoms with Crippen LogP contribution < -0.4 is 10.0 Å². The van der Waals surface area contributed by atoms with Crippen LogP contribution in [0.1, 0.15) is 42.3 Å². The predicted molar refractivity (Wildman–Crippen MR) is 149 cm³/mol. The second-order valence-corrected chi connectivity index (χ2v) is 11.5. The molecular formula is C29H33N3O5S. The number of fused-ring (bicyclic) bond motifs is 1. The first-order chi connectivity index (χ1) is 18.1. The lowest BCUT2D eigenvalue weighted by Gasteiger charge is -2.28. The van der Waals surface area contributed by atoms with E-state index in [9.17, 15) is 18.3 Å². The fraction of sp³-hybridized carbons (Fsp3) is 0.276. The molecule has 0 aliphatic carbocycles. The van der Waals surface area contributed by atoms with Crippen LogP contribution in [0.2, 0.25) is 0 Å². The van der Waals surface area contributed by atoms with E-state index in [1.165, 1.54) is 19.2 Å². The van der Waals surface area contributed by atoms with Gasteiger partial charge in [0.2, 0.25) is 0 Å². The lowest BCUT2D eigenvalue weighted by Crippen LogP contribution is -2.42. The number of para-hydroxylation sites is 1. The molecular weight excluding hydrogens is 502 g/mol. The van der Waals surface area contributed by atoms with Crippen molar-refractivity contribution in [3.63, 3.8) is 0 Å². The third kappa shape index (κ3) is 6.42. The van der Waals surface area contributed by atoms with E-state index in [0.717, 1.165) is 17.3 Å². The molecule has 0 aliphatic heterocycles. The van der Waals surface area contributed by atoms with Crippen molar-refractivity contribution in [2.75, 3.05) is 18.4 Å². The molecule has 0 bridgehead atoms. The van der Waals surface area contributed by atoms with Crippen LogP contribution in [-0.4, -0.2) is 43.3 Å². The van der Waals surface area contributed by atoms with E-state index in [1.54, 1.807) is 42.5 Å². The molecule has 9 heteroatoms. The third-order valence-corrected chi connectivity index (χ3v) is 7.92. The van der Waals surface area contributed by atoms with Crippen molar-refractivity contribution in [1.82, 2.24) is 9.88 Å². The molecule has 0 aliphatic rings. The summed E-state index contributed by atoms with van der Waals surface area (Å²) in [7, 11) is -2.35. The fourth-order valence-electron chi connectivity index (χ4n) is 4.31. The first-order valence-corrected chi connectivity index (χ1v) is 13.8. The van der Waals surface area contributed by atoms with Crippen LogP contribution in [0, 0.1) is 0 Å². The number of benzene rings is 3. The van der Waals surface area contributed by atoms with Gasteiger partial charge in [0.25, 0.3) is 10.0 Å². The minimum absolute atomic E-state index is 0.170. The van der Waals surface area contributed by atoms with Gasteiger partial charge in [-0.25, -0.2) is 13.2 Å². The number of rotatable bonds is 11. The quantitative estimate of drug-likeness (QED) is 0.240. The number of ether oxygens (including phenoxy) is 1. The van der Waals surface area contributed by atoms with E-state index in [-0.39, 0.29) is 22.9 Å². The monoisotopic (exact) mass is 535 g/mol. The second kappa shape index (κ2) is 11.4. The number of β-amino-alcohol motifs (C(OH)–C–C–N with tert-alkyl or cyclic N) is 1. The number of hydrogen-bond donors (Lipinski definition) is 3. The number of aryl methyl sites for hydroxylation is 1. The lowest BCUT2D eigenvalue weighted by molar-refractivity contribution is 0.0602. The zero-order valence-corrected chi connectivity index (χ0v) is 22.5. The molecule has 0 saturated heterocycles. The highest BCUT2D eigenvalue weighted by atomic mass is 32.2. The highest BCUT2D eigenvalue weighted by molar-refractivity contribution is 7.92. The van der Waals surface area contributed by atoms with Crippen LogP contribution in [0.4, 0.5) is 5.69 Å². The summed E-state index contributed by atoms with van der Waals surface area (Å²) in [5.74, 6) is -0.367. The highest BCUT2D eigenvalue weighted by Gasteiger charge is 2.22. The minimum Gasteiger partial charge on any atom is -0.465 e. The standard InChI is InChI=1S/C29H33N3O5S/c1-29(2,16-17-32-20-25(28(34)37-3)24-14-7-8-15-26(24)32)30-19-27(33)21-10-9-11-22(18-21)31-38(35,36)23-12-5-4-6-13-23/h4-15,18,20,27,30-31,33H,16-17,19H2,1-3H3/t27-/m1/s1. The Bertz CT molecular complexity index is 1510. The van der Waals surface area contributed by atoms with E-state index in [0.29, 0.717) is 23.4 Å². The maximum atomic E-state index is 12.7. The largest absolute Gasteiger partial charge is 0.465 e. The summed E-state index contributed by atoms with van der Waals surface area (Å²) in [6.45, 7) is 5.04. The van der Waals surface area contributed by atoms with Gasteiger partial charge < -0.3 is 19.7 Å². The molecule has 0 radical (unpaired) electrons. The number of anilines is 1. The molecule has 1 atom stereocenters. The summed E-state index contributed by atoms with van der Waals surface area (Å²) in [5.41, 5.74) is 2.14. The molecule has 4 aromatic rings. The Morgan fingerprint density at radius 1 is 1.03 bits per heavy atom. The molecule has 0 spiro atoms. The van der Waals surface area contributed by atoms with Gasteiger partial charge in [0.1, 0.15) is 0 Å². The molecule has 3 aromatic carbocycles. The van der Waals surface area contributed by atoms with Gasteiger partial charge in [-0.3, -0.25) is 4.72 Å². The zero-order chi connectivity index (χ0) is 27.3. The molecule has 0 fully saturated rings. The molecule has 3 N–H and O–H groups in total. The summed E-state index contributed by atoms with van der Waals surface area (Å²) in [6.07, 6.45) is 1.72. The van der Waals surface area contributed by atoms with Gasteiger partial charge in [0.05, 0.1) is 23.7 Å². The number of aliphatic hydroxyl groups excluding tert-OH is 1. The molecule has 0 amide bonds. The van der Waals surface area contributed by atoms with Crippen LogP contribution in [0.3, 0.4) is 0 Å². The molecule has 200 valence electrons. The van der Waals surface area contributed by atoms with Crippen molar-refractivity contribution < 1.29 is 23.1 Å². The number of carbonyl (C=O) groups excluding carboxylic acids is 1. The van der Waals surface area contributed by atoms with Crippen LogP contribution in [0.15, 0.2) is 90.0 Å². The van der Waals surface area contributed by atoms with Crippen molar-refractivity contribution in [3.05, 3.63) is 96.2 Å². The summed E-state index contributed by atoms with van der Waals surface area (Å²) < 4.78 is 34.9. The number of nitrogens with zero attached hydrogens (tertiary/aromatic N) is 1. The summed E-state index contributed by atoms with van der Waals surface area (Å²) in [4.78, 5) is 12.4. The highest BCUT2D eigenvalue weighted by Crippen LogP contribution is 2.25. The van der Waals surface area contributed by atoms with Gasteiger partial charge in [-0.15, -0.1) is 0 Å². The van der Waals surface area contributed by atoms with E-state index in [4.69, 9.17) is 4.74 Å². The lowest BCUT2D eigenvalue weighted by atomic mass is 9.99. The van der Waals surface area contributed by atoms with Crippen LogP contribution in [0.25, 0.3) is 10.9 Å². The average molecular weight is 536 g/mol. The van der Waals surface area contributed by atoms with Gasteiger partial charge in [0.15, 0.2) is 0 Å². The van der Waals surface area contributed by atoms with Gasteiger partial charge in [-0.1, -0.05) is 48.5 Å². The molecule has 4 rings (SSSR count). The number of methoxy groups -OCH3 is 1. The van der Waals surface area contributed by atoms with Crippen molar-refractivity contribution in [3.8, 4) is 0 Å². The number of aliphatic hydroxyl groups is 1. The fourth-order valence-corrected chi connectivity index (χ4v) is 5.38. The van der Waals surface area contributed by atoms with Gasteiger partial charge in [-0.05, 0) is 56.2 Å². The smallest absolute Gasteiger partial charge is 0.340 e. The van der Waals surface area contributed by atoms with E-state index < -0.39 is 16.1 Å². The Labute approximate surface area is 223 Å². The second-order valence-electron chi connectivity index (χ2n) is 9.82. The van der Waals surface area contributed by atoms with Gasteiger partial charge >= 0.3 is 5.97 Å². The topological polar surface area (TPSA) is 110 Å². The minimum atomic E-state index is -3.72.